The van der Waals surface area contributed by atoms with Gasteiger partial charge in [-0.2, -0.15) is 0 Å². The van der Waals surface area contributed by atoms with Gasteiger partial charge in [0.15, 0.2) is 14.9 Å². The molecule has 6 heteroatoms. The van der Waals surface area contributed by atoms with Gasteiger partial charge in [-0.15, -0.1) is 0 Å². The lowest BCUT2D eigenvalue weighted by atomic mass is 10.1. The number of benzene rings is 1. The van der Waals surface area contributed by atoms with Gasteiger partial charge in [0.05, 0.1) is 12.3 Å². The quantitative estimate of drug-likeness (QED) is 0.689. The van der Waals surface area contributed by atoms with Crippen molar-refractivity contribution < 1.29 is 8.82 Å². The highest BCUT2D eigenvalue weighted by Gasteiger charge is 2.25. The third-order valence-corrected chi connectivity index (χ3v) is 8.77. The number of pyridine rings is 1. The van der Waals surface area contributed by atoms with Crippen LogP contribution in [0.3, 0.4) is 0 Å². The second-order valence-electron chi connectivity index (χ2n) is 8.69. The van der Waals surface area contributed by atoms with Gasteiger partial charge in [0.1, 0.15) is 5.82 Å². The van der Waals surface area contributed by atoms with Crippen LogP contribution in [-0.2, 0) is 11.0 Å². The van der Waals surface area contributed by atoms with Gasteiger partial charge < -0.3 is 14.2 Å². The normalized spacial score (nSPS) is 16.4. The fourth-order valence-corrected chi connectivity index (χ4v) is 4.28. The molecule has 28 heavy (non-hydrogen) atoms. The first-order valence-electron chi connectivity index (χ1n) is 10.1. The van der Waals surface area contributed by atoms with Crippen molar-refractivity contribution in [1.29, 1.82) is 0 Å². The van der Waals surface area contributed by atoms with Gasteiger partial charge in [-0.25, -0.2) is 9.37 Å². The standard InChI is InChI=1S/C22H32FN3OSi/c1-17-8-7-11-24-21(17)26-14-12-25(13-15-26)19-10-6-9-18(20(19)23)16-27-28(5)22(2,3)4/h6-11,28H,12-16H2,1-5H3. The van der Waals surface area contributed by atoms with Crippen LogP contribution in [0.5, 0.6) is 0 Å². The molecule has 1 unspecified atom stereocenters. The second kappa shape index (κ2) is 8.62. The minimum atomic E-state index is -1.37. The van der Waals surface area contributed by atoms with E-state index in [1.165, 1.54) is 5.56 Å². The number of anilines is 2. The highest BCUT2D eigenvalue weighted by atomic mass is 28.3. The molecule has 1 aromatic carbocycles. The van der Waals surface area contributed by atoms with Crippen molar-refractivity contribution in [3.05, 3.63) is 53.5 Å². The van der Waals surface area contributed by atoms with Crippen LogP contribution in [-0.4, -0.2) is 40.2 Å². The Hall–Kier alpha value is -1.92. The zero-order valence-corrected chi connectivity index (χ0v) is 18.9. The van der Waals surface area contributed by atoms with Gasteiger partial charge >= 0.3 is 0 Å². The van der Waals surface area contributed by atoms with Crippen LogP contribution < -0.4 is 9.80 Å². The largest absolute Gasteiger partial charge is 0.415 e. The van der Waals surface area contributed by atoms with E-state index < -0.39 is 9.04 Å². The van der Waals surface area contributed by atoms with E-state index in [1.807, 2.05) is 30.5 Å². The van der Waals surface area contributed by atoms with Crippen molar-refractivity contribution >= 4 is 20.5 Å². The van der Waals surface area contributed by atoms with E-state index in [2.05, 4.69) is 55.1 Å². The molecule has 1 saturated heterocycles. The molecule has 1 aliphatic rings. The van der Waals surface area contributed by atoms with Gasteiger partial charge in [-0.3, -0.25) is 0 Å². The number of nitrogens with zero attached hydrogens (tertiary/aromatic N) is 3. The molecule has 1 fully saturated rings. The molecular weight excluding hydrogens is 369 g/mol. The Balaban J connectivity index is 1.66. The maximum absolute atomic E-state index is 15.2. The first-order chi connectivity index (χ1) is 13.3. The summed E-state index contributed by atoms with van der Waals surface area (Å²) in [7, 11) is -1.37. The Bertz CT molecular complexity index is 801. The van der Waals surface area contributed by atoms with Crippen LogP contribution in [0.2, 0.25) is 11.6 Å². The molecular formula is C22H32FN3OSi. The van der Waals surface area contributed by atoms with Crippen LogP contribution in [0.4, 0.5) is 15.9 Å². The van der Waals surface area contributed by atoms with Crippen molar-refractivity contribution in [3.8, 4) is 0 Å². The van der Waals surface area contributed by atoms with Gasteiger partial charge in [0.25, 0.3) is 0 Å². The molecule has 1 aromatic heterocycles. The maximum atomic E-state index is 15.2. The van der Waals surface area contributed by atoms with Crippen LogP contribution in [0.25, 0.3) is 0 Å². The number of halogens is 1. The van der Waals surface area contributed by atoms with Gasteiger partial charge in [0, 0.05) is 37.9 Å². The van der Waals surface area contributed by atoms with Gasteiger partial charge in [0.2, 0.25) is 0 Å². The van der Waals surface area contributed by atoms with Gasteiger partial charge in [-0.05, 0) is 36.2 Å². The Labute approximate surface area is 170 Å². The van der Waals surface area contributed by atoms with Crippen LogP contribution in [0.15, 0.2) is 36.5 Å². The molecule has 2 aromatic rings. The number of aryl methyl sites for hydroxylation is 1. The Morgan fingerprint density at radius 3 is 2.39 bits per heavy atom. The Morgan fingerprint density at radius 2 is 1.75 bits per heavy atom. The summed E-state index contributed by atoms with van der Waals surface area (Å²) < 4.78 is 21.2. The molecule has 1 atom stereocenters. The smallest absolute Gasteiger partial charge is 0.179 e. The second-order valence-corrected chi connectivity index (χ2v) is 12.0. The minimum Gasteiger partial charge on any atom is -0.415 e. The molecule has 4 nitrogen and oxygen atoms in total. The fourth-order valence-electron chi connectivity index (χ4n) is 3.35. The molecule has 1 aliphatic heterocycles. The summed E-state index contributed by atoms with van der Waals surface area (Å²) in [5.74, 6) is 0.894. The summed E-state index contributed by atoms with van der Waals surface area (Å²) in [6.07, 6.45) is 1.83. The zero-order chi connectivity index (χ0) is 20.3. The van der Waals surface area contributed by atoms with E-state index in [0.717, 1.165) is 32.0 Å². The average Bonchev–Trinajstić information content (AvgIpc) is 2.67. The lowest BCUT2D eigenvalue weighted by Crippen LogP contribution is -2.47. The van der Waals surface area contributed by atoms with E-state index in [0.29, 0.717) is 17.9 Å². The van der Waals surface area contributed by atoms with Gasteiger partial charge in [-0.1, -0.05) is 39.0 Å². The summed E-state index contributed by atoms with van der Waals surface area (Å²) in [4.78, 5) is 8.93. The minimum absolute atomic E-state index is 0.139. The molecule has 0 saturated carbocycles. The molecule has 0 aliphatic carbocycles. The molecule has 0 bridgehead atoms. The number of aromatic nitrogens is 1. The van der Waals surface area contributed by atoms with E-state index in [1.54, 1.807) is 0 Å². The molecule has 2 heterocycles. The van der Waals surface area contributed by atoms with E-state index >= 15 is 4.39 Å². The molecule has 0 N–H and O–H groups in total. The number of piperazine rings is 1. The number of hydrogen-bond donors (Lipinski definition) is 0. The topological polar surface area (TPSA) is 28.6 Å². The first-order valence-corrected chi connectivity index (χ1v) is 12.3. The third kappa shape index (κ3) is 4.73. The van der Waals surface area contributed by atoms with Crippen LogP contribution >= 0.6 is 0 Å². The van der Waals surface area contributed by atoms with Crippen LogP contribution in [0, 0.1) is 12.7 Å². The monoisotopic (exact) mass is 401 g/mol. The lowest BCUT2D eigenvalue weighted by molar-refractivity contribution is 0.288. The maximum Gasteiger partial charge on any atom is 0.179 e. The van der Waals surface area contributed by atoms with Crippen molar-refractivity contribution in [2.75, 3.05) is 36.0 Å². The van der Waals surface area contributed by atoms with Crippen molar-refractivity contribution in [2.24, 2.45) is 0 Å². The summed E-state index contributed by atoms with van der Waals surface area (Å²) in [5, 5.41) is 0.175. The summed E-state index contributed by atoms with van der Waals surface area (Å²) in [6, 6.07) is 9.71. The average molecular weight is 402 g/mol. The number of hydrogen-bond acceptors (Lipinski definition) is 4. The van der Waals surface area contributed by atoms with Crippen molar-refractivity contribution in [1.82, 2.24) is 4.98 Å². The van der Waals surface area contributed by atoms with Crippen LogP contribution in [0.1, 0.15) is 31.9 Å². The zero-order valence-electron chi connectivity index (χ0n) is 17.7. The highest BCUT2D eigenvalue weighted by molar-refractivity contribution is 6.53. The predicted octanol–water partition coefficient (Wildman–Crippen LogP) is 4.53. The fraction of sp³-hybridized carbons (Fsp3) is 0.500. The molecule has 152 valence electrons. The van der Waals surface area contributed by atoms with E-state index in [-0.39, 0.29) is 10.9 Å². The molecule has 3 rings (SSSR count). The van der Waals surface area contributed by atoms with E-state index in [9.17, 15) is 0 Å². The van der Waals surface area contributed by atoms with Crippen molar-refractivity contribution in [2.45, 2.75) is 45.9 Å². The lowest BCUT2D eigenvalue weighted by Gasteiger charge is -2.37. The molecule has 0 radical (unpaired) electrons. The highest BCUT2D eigenvalue weighted by Crippen LogP contribution is 2.29. The summed E-state index contributed by atoms with van der Waals surface area (Å²) in [5.41, 5.74) is 2.52. The number of rotatable bonds is 5. The molecule has 0 spiro atoms. The Kier molecular flexibility index (Phi) is 6.40. The predicted molar refractivity (Wildman–Crippen MR) is 117 cm³/mol. The SMILES string of the molecule is Cc1cccnc1N1CCN(c2cccc(CO[SiH](C)C(C)(C)C)c2F)CC1. The molecule has 0 amide bonds. The first kappa shape index (κ1) is 20.8. The third-order valence-electron chi connectivity index (χ3n) is 5.67. The van der Waals surface area contributed by atoms with Crippen molar-refractivity contribution in [3.63, 3.8) is 0 Å². The summed E-state index contributed by atoms with van der Waals surface area (Å²) >= 11 is 0. The Morgan fingerprint density at radius 1 is 1.07 bits per heavy atom. The van der Waals surface area contributed by atoms with E-state index in [4.69, 9.17) is 4.43 Å². The summed E-state index contributed by atoms with van der Waals surface area (Å²) in [6.45, 7) is 14.4.